The Hall–Kier alpha value is -3.15. The fourth-order valence-corrected chi connectivity index (χ4v) is 5.34. The van der Waals surface area contributed by atoms with Gasteiger partial charge in [0.1, 0.15) is 0 Å². The minimum Gasteiger partial charge on any atom is -0.481 e. The maximum absolute atomic E-state index is 12.6. The number of nitrogens with one attached hydrogen (secondary N) is 3. The lowest BCUT2D eigenvalue weighted by molar-refractivity contribution is -0.115. The third-order valence-electron chi connectivity index (χ3n) is 6.17. The van der Waals surface area contributed by atoms with Gasteiger partial charge in [-0.15, -0.1) is 0 Å². The number of hydrogen-bond donors (Lipinski definition) is 4. The molecule has 4 N–H and O–H groups in total. The van der Waals surface area contributed by atoms with Crippen LogP contribution in [0.5, 0.6) is 5.88 Å². The molecule has 0 spiro atoms. The molecule has 34 heavy (non-hydrogen) atoms. The summed E-state index contributed by atoms with van der Waals surface area (Å²) < 4.78 is 29.1. The summed E-state index contributed by atoms with van der Waals surface area (Å²) in [6, 6.07) is 3.18. The Kier molecular flexibility index (Phi) is 8.13. The number of aromatic amines is 1. The zero-order chi connectivity index (χ0) is 24.9. The van der Waals surface area contributed by atoms with Crippen LogP contribution in [0.1, 0.15) is 56.2 Å². The average molecular weight is 494 g/mol. The molecular formula is C22H31N5O6S. The third-order valence-corrected chi connectivity index (χ3v) is 7.33. The highest BCUT2D eigenvalue weighted by Gasteiger charge is 2.29. The number of nitrogens with zero attached hydrogens (tertiary/aromatic N) is 2. The van der Waals surface area contributed by atoms with E-state index in [9.17, 15) is 18.0 Å². The Labute approximate surface area is 198 Å². The van der Waals surface area contributed by atoms with Gasteiger partial charge in [-0.1, -0.05) is 6.92 Å². The van der Waals surface area contributed by atoms with Crippen LogP contribution in [0.4, 0.5) is 10.6 Å². The van der Waals surface area contributed by atoms with Gasteiger partial charge in [-0.3, -0.25) is 9.89 Å². The number of amides is 2. The monoisotopic (exact) mass is 493 g/mol. The standard InChI is InChI=1S/C22H31N5O6S/c1-4-16(24-22(29)30)8-13-5-6-14(7-13)17-11-19(27-26-17)25-20(28)9-15-10-21(33-2)23-12-18(15)34(3,31)32/h10-14,16,24H,4-9H2,1-3H3,(H,29,30)(H2,25,26,27,28). The van der Waals surface area contributed by atoms with E-state index in [1.165, 1.54) is 19.4 Å². The average Bonchev–Trinajstić information content (AvgIpc) is 3.41. The molecule has 2 amide bonds. The van der Waals surface area contributed by atoms with Crippen LogP contribution in [0.3, 0.4) is 0 Å². The molecule has 186 valence electrons. The Balaban J connectivity index is 1.60. The minimum atomic E-state index is -3.56. The van der Waals surface area contributed by atoms with E-state index in [2.05, 4.69) is 25.8 Å². The Morgan fingerprint density at radius 1 is 1.32 bits per heavy atom. The van der Waals surface area contributed by atoms with Gasteiger partial charge in [-0.25, -0.2) is 18.2 Å². The third kappa shape index (κ3) is 6.69. The van der Waals surface area contributed by atoms with Crippen molar-refractivity contribution in [2.75, 3.05) is 18.7 Å². The summed E-state index contributed by atoms with van der Waals surface area (Å²) in [6.07, 6.45) is 5.50. The summed E-state index contributed by atoms with van der Waals surface area (Å²) in [4.78, 5) is 27.4. The summed E-state index contributed by atoms with van der Waals surface area (Å²) in [7, 11) is -2.15. The number of rotatable bonds is 10. The van der Waals surface area contributed by atoms with Gasteiger partial charge in [0.25, 0.3) is 0 Å². The normalized spacial score (nSPS) is 18.9. The van der Waals surface area contributed by atoms with Gasteiger partial charge < -0.3 is 20.5 Å². The van der Waals surface area contributed by atoms with E-state index in [4.69, 9.17) is 9.84 Å². The molecule has 3 unspecified atom stereocenters. The maximum atomic E-state index is 12.6. The maximum Gasteiger partial charge on any atom is 0.404 e. The van der Waals surface area contributed by atoms with Gasteiger partial charge in [0.2, 0.25) is 11.8 Å². The highest BCUT2D eigenvalue weighted by atomic mass is 32.2. The molecule has 0 radical (unpaired) electrons. The predicted octanol–water partition coefficient (Wildman–Crippen LogP) is 2.72. The second-order valence-electron chi connectivity index (χ2n) is 8.71. The van der Waals surface area contributed by atoms with Gasteiger partial charge in [0, 0.05) is 42.2 Å². The quantitative estimate of drug-likeness (QED) is 0.392. The lowest BCUT2D eigenvalue weighted by Gasteiger charge is -2.19. The lowest BCUT2D eigenvalue weighted by atomic mass is 9.95. The largest absolute Gasteiger partial charge is 0.481 e. The number of carbonyl (C=O) groups is 2. The first kappa shape index (κ1) is 25.5. The van der Waals surface area contributed by atoms with Crippen molar-refractivity contribution in [2.24, 2.45) is 5.92 Å². The second-order valence-corrected chi connectivity index (χ2v) is 10.7. The zero-order valence-electron chi connectivity index (χ0n) is 19.5. The molecule has 3 rings (SSSR count). The molecule has 2 aromatic rings. The number of methoxy groups -OCH3 is 1. The van der Waals surface area contributed by atoms with Gasteiger partial charge >= 0.3 is 6.09 Å². The topological polar surface area (TPSA) is 163 Å². The van der Waals surface area contributed by atoms with Gasteiger partial charge in [-0.2, -0.15) is 5.10 Å². The zero-order valence-corrected chi connectivity index (χ0v) is 20.3. The van der Waals surface area contributed by atoms with E-state index in [1.807, 2.05) is 6.92 Å². The Morgan fingerprint density at radius 2 is 2.09 bits per heavy atom. The lowest BCUT2D eigenvalue weighted by Crippen LogP contribution is -2.34. The van der Waals surface area contributed by atoms with E-state index in [-0.39, 0.29) is 29.2 Å². The second kappa shape index (κ2) is 10.9. The first-order valence-electron chi connectivity index (χ1n) is 11.2. The first-order valence-corrected chi connectivity index (χ1v) is 13.1. The van der Waals surface area contributed by atoms with Crippen LogP contribution in [-0.2, 0) is 21.1 Å². The highest BCUT2D eigenvalue weighted by molar-refractivity contribution is 7.90. The number of H-pyrrole nitrogens is 1. The summed E-state index contributed by atoms with van der Waals surface area (Å²) in [6.45, 7) is 1.97. The van der Waals surface area contributed by atoms with Crippen LogP contribution in [0.25, 0.3) is 0 Å². The molecular weight excluding hydrogens is 462 g/mol. The van der Waals surface area contributed by atoms with E-state index in [0.717, 1.165) is 44.1 Å². The molecule has 12 heteroatoms. The number of ether oxygens (including phenoxy) is 1. The van der Waals surface area contributed by atoms with Crippen LogP contribution in [0.2, 0.25) is 0 Å². The number of pyridine rings is 1. The summed E-state index contributed by atoms with van der Waals surface area (Å²) in [5.74, 6) is 0.846. The predicted molar refractivity (Wildman–Crippen MR) is 125 cm³/mol. The number of carbonyl (C=O) groups excluding carboxylic acids is 1. The number of carboxylic acid groups (broad SMARTS) is 1. The molecule has 2 aromatic heterocycles. The molecule has 1 aliphatic carbocycles. The fraction of sp³-hybridized carbons (Fsp3) is 0.545. The van der Waals surface area contributed by atoms with E-state index >= 15 is 0 Å². The van der Waals surface area contributed by atoms with E-state index < -0.39 is 21.8 Å². The number of aromatic nitrogens is 3. The van der Waals surface area contributed by atoms with E-state index in [1.54, 1.807) is 6.07 Å². The van der Waals surface area contributed by atoms with Crippen LogP contribution in [-0.4, -0.2) is 60.1 Å². The van der Waals surface area contributed by atoms with Crippen molar-refractivity contribution in [3.63, 3.8) is 0 Å². The number of hydrogen-bond acceptors (Lipinski definition) is 7. The Bertz CT molecular complexity index is 1130. The van der Waals surface area contributed by atoms with Crippen LogP contribution >= 0.6 is 0 Å². The van der Waals surface area contributed by atoms with Crippen LogP contribution < -0.4 is 15.4 Å². The number of sulfone groups is 1. The summed E-state index contributed by atoms with van der Waals surface area (Å²) in [5.41, 5.74) is 1.21. The molecule has 0 bridgehead atoms. The van der Waals surface area contributed by atoms with Crippen molar-refractivity contribution in [3.8, 4) is 5.88 Å². The Morgan fingerprint density at radius 3 is 2.74 bits per heavy atom. The van der Waals surface area contributed by atoms with Crippen molar-refractivity contribution < 1.29 is 27.9 Å². The van der Waals surface area contributed by atoms with E-state index in [0.29, 0.717) is 17.3 Å². The molecule has 0 saturated heterocycles. The smallest absolute Gasteiger partial charge is 0.404 e. The molecule has 11 nitrogen and oxygen atoms in total. The number of anilines is 1. The first-order chi connectivity index (χ1) is 16.1. The molecule has 1 fully saturated rings. The molecule has 2 heterocycles. The van der Waals surface area contributed by atoms with Gasteiger partial charge in [-0.05, 0) is 43.6 Å². The van der Waals surface area contributed by atoms with Crippen molar-refractivity contribution >= 4 is 27.7 Å². The van der Waals surface area contributed by atoms with Crippen molar-refractivity contribution in [2.45, 2.75) is 62.3 Å². The van der Waals surface area contributed by atoms with Gasteiger partial charge in [0.05, 0.1) is 18.4 Å². The minimum absolute atomic E-state index is 0.0223. The molecule has 3 atom stereocenters. The molecule has 1 saturated carbocycles. The van der Waals surface area contributed by atoms with Crippen molar-refractivity contribution in [1.82, 2.24) is 20.5 Å². The SMILES string of the molecule is CCC(CC1CCC(c2cc(NC(=O)Cc3cc(OC)ncc3S(C)(=O)=O)n[nH]2)C1)NC(=O)O. The van der Waals surface area contributed by atoms with Crippen molar-refractivity contribution in [1.29, 1.82) is 0 Å². The fourth-order valence-electron chi connectivity index (χ4n) is 4.49. The van der Waals surface area contributed by atoms with Crippen molar-refractivity contribution in [3.05, 3.63) is 29.6 Å². The molecule has 0 aliphatic heterocycles. The van der Waals surface area contributed by atoms with Crippen LogP contribution in [0.15, 0.2) is 23.2 Å². The molecule has 0 aromatic carbocycles. The van der Waals surface area contributed by atoms with Gasteiger partial charge in [0.15, 0.2) is 15.7 Å². The summed E-state index contributed by atoms with van der Waals surface area (Å²) >= 11 is 0. The summed E-state index contributed by atoms with van der Waals surface area (Å²) in [5, 5.41) is 21.4. The van der Waals surface area contributed by atoms with Crippen LogP contribution in [0, 0.1) is 5.92 Å². The molecule has 1 aliphatic rings. The highest BCUT2D eigenvalue weighted by Crippen LogP contribution is 2.40.